The lowest BCUT2D eigenvalue weighted by Crippen LogP contribution is -2.37. The molecule has 0 bridgehead atoms. The highest BCUT2D eigenvalue weighted by atomic mass is 14.9. The molecule has 2 aromatic carbocycles. The van der Waals surface area contributed by atoms with Crippen molar-refractivity contribution in [2.45, 2.75) is 46.1 Å². The Kier molecular flexibility index (Phi) is 4.84. The Labute approximate surface area is 129 Å². The summed E-state index contributed by atoms with van der Waals surface area (Å²) in [6.45, 7) is 12.2. The Morgan fingerprint density at radius 2 is 1.67 bits per heavy atom. The van der Waals surface area contributed by atoms with Gasteiger partial charge in [0.15, 0.2) is 0 Å². The zero-order valence-corrected chi connectivity index (χ0v) is 13.9. The van der Waals surface area contributed by atoms with E-state index in [4.69, 9.17) is 0 Å². The molecule has 0 aliphatic rings. The van der Waals surface area contributed by atoms with Gasteiger partial charge in [0, 0.05) is 11.5 Å². The van der Waals surface area contributed by atoms with Crippen LogP contribution in [0, 0.1) is 13.8 Å². The lowest BCUT2D eigenvalue weighted by molar-refractivity contribution is 0.352. The van der Waals surface area contributed by atoms with Crippen LogP contribution in [0.1, 0.15) is 49.1 Å². The smallest absolute Gasteiger partial charge is 0.0415 e. The molecule has 0 aliphatic heterocycles. The van der Waals surface area contributed by atoms with Crippen LogP contribution in [0.3, 0.4) is 0 Å². The second-order valence-corrected chi connectivity index (χ2v) is 6.44. The van der Waals surface area contributed by atoms with Crippen molar-refractivity contribution < 1.29 is 0 Å². The average molecular weight is 281 g/mol. The van der Waals surface area contributed by atoms with E-state index >= 15 is 0 Å². The first-order valence-electron chi connectivity index (χ1n) is 7.83. The van der Waals surface area contributed by atoms with Crippen molar-refractivity contribution in [1.82, 2.24) is 5.32 Å². The number of hydrogen-bond acceptors (Lipinski definition) is 1. The minimum absolute atomic E-state index is 0.0375. The molecule has 1 N–H and O–H groups in total. The molecule has 1 heteroatoms. The molecule has 1 unspecified atom stereocenters. The van der Waals surface area contributed by atoms with E-state index in [1.165, 1.54) is 22.3 Å². The summed E-state index contributed by atoms with van der Waals surface area (Å²) in [4.78, 5) is 0. The summed E-state index contributed by atoms with van der Waals surface area (Å²) < 4.78 is 0. The van der Waals surface area contributed by atoms with Crippen molar-refractivity contribution in [3.63, 3.8) is 0 Å². The minimum atomic E-state index is 0.0375. The molecule has 112 valence electrons. The zero-order chi connectivity index (χ0) is 15.5. The third-order valence-electron chi connectivity index (χ3n) is 4.39. The van der Waals surface area contributed by atoms with Gasteiger partial charge in [0.1, 0.15) is 0 Å². The zero-order valence-electron chi connectivity index (χ0n) is 13.9. The maximum atomic E-state index is 3.71. The molecular formula is C20H27N. The molecule has 0 fully saturated rings. The van der Waals surface area contributed by atoms with E-state index in [-0.39, 0.29) is 5.41 Å². The normalized spacial score (nSPS) is 13.2. The summed E-state index contributed by atoms with van der Waals surface area (Å²) in [7, 11) is 0. The molecular weight excluding hydrogens is 254 g/mol. The van der Waals surface area contributed by atoms with Gasteiger partial charge >= 0.3 is 0 Å². The Morgan fingerprint density at radius 3 is 2.29 bits per heavy atom. The highest BCUT2D eigenvalue weighted by Gasteiger charge is 2.32. The maximum Gasteiger partial charge on any atom is 0.0415 e. The number of likely N-dealkylation sites (N-methyl/N-ethyl adjacent to an activating group) is 1. The lowest BCUT2D eigenvalue weighted by atomic mass is 9.74. The van der Waals surface area contributed by atoms with Crippen LogP contribution in [-0.4, -0.2) is 6.54 Å². The van der Waals surface area contributed by atoms with Gasteiger partial charge < -0.3 is 5.32 Å². The maximum absolute atomic E-state index is 3.71. The molecule has 0 heterocycles. The summed E-state index contributed by atoms with van der Waals surface area (Å²) >= 11 is 0. The second kappa shape index (κ2) is 6.44. The van der Waals surface area contributed by atoms with Gasteiger partial charge in [-0.2, -0.15) is 0 Å². The van der Waals surface area contributed by atoms with E-state index in [9.17, 15) is 0 Å². The average Bonchev–Trinajstić information content (AvgIpc) is 2.48. The molecule has 0 saturated carbocycles. The highest BCUT2D eigenvalue weighted by molar-refractivity contribution is 5.38. The molecule has 2 rings (SSSR count). The van der Waals surface area contributed by atoms with Gasteiger partial charge in [-0.25, -0.2) is 0 Å². The van der Waals surface area contributed by atoms with E-state index in [0.717, 1.165) is 6.54 Å². The third-order valence-corrected chi connectivity index (χ3v) is 4.39. The second-order valence-electron chi connectivity index (χ2n) is 6.44. The standard InChI is InChI=1S/C20H27N/c1-6-21-19(18-14-15(2)12-13-16(18)3)20(4,5)17-10-8-7-9-11-17/h7-14,19,21H,6H2,1-5H3. The molecule has 1 atom stereocenters. The Morgan fingerprint density at radius 1 is 1.00 bits per heavy atom. The number of benzene rings is 2. The Hall–Kier alpha value is -1.60. The monoisotopic (exact) mass is 281 g/mol. The van der Waals surface area contributed by atoms with Crippen LogP contribution in [0.25, 0.3) is 0 Å². The molecule has 0 aliphatic carbocycles. The van der Waals surface area contributed by atoms with Gasteiger partial charge in [-0.05, 0) is 37.1 Å². The van der Waals surface area contributed by atoms with Crippen LogP contribution in [0.15, 0.2) is 48.5 Å². The summed E-state index contributed by atoms with van der Waals surface area (Å²) in [5.74, 6) is 0. The van der Waals surface area contributed by atoms with E-state index in [0.29, 0.717) is 6.04 Å². The van der Waals surface area contributed by atoms with Gasteiger partial charge in [-0.1, -0.05) is 74.9 Å². The number of aryl methyl sites for hydroxylation is 2. The quantitative estimate of drug-likeness (QED) is 0.819. The van der Waals surface area contributed by atoms with Crippen LogP contribution < -0.4 is 5.32 Å². The molecule has 21 heavy (non-hydrogen) atoms. The van der Waals surface area contributed by atoms with Crippen molar-refractivity contribution in [3.05, 3.63) is 70.8 Å². The summed E-state index contributed by atoms with van der Waals surface area (Å²) in [5, 5.41) is 3.71. The van der Waals surface area contributed by atoms with Crippen LogP contribution in [0.5, 0.6) is 0 Å². The largest absolute Gasteiger partial charge is 0.309 e. The van der Waals surface area contributed by atoms with Crippen molar-refractivity contribution in [2.75, 3.05) is 6.54 Å². The van der Waals surface area contributed by atoms with Crippen LogP contribution in [0.2, 0.25) is 0 Å². The van der Waals surface area contributed by atoms with Crippen LogP contribution in [0.4, 0.5) is 0 Å². The van der Waals surface area contributed by atoms with Gasteiger partial charge in [0.2, 0.25) is 0 Å². The molecule has 0 saturated heterocycles. The van der Waals surface area contributed by atoms with Gasteiger partial charge in [-0.15, -0.1) is 0 Å². The highest BCUT2D eigenvalue weighted by Crippen LogP contribution is 2.38. The Bertz CT molecular complexity index is 584. The SMILES string of the molecule is CCNC(c1cc(C)ccc1C)C(C)(C)c1ccccc1. The predicted molar refractivity (Wildman–Crippen MR) is 91.8 cm³/mol. The Balaban J connectivity index is 2.50. The van der Waals surface area contributed by atoms with Crippen molar-refractivity contribution >= 4 is 0 Å². The van der Waals surface area contributed by atoms with Crippen LogP contribution >= 0.6 is 0 Å². The minimum Gasteiger partial charge on any atom is -0.309 e. The summed E-state index contributed by atoms with van der Waals surface area (Å²) in [6.07, 6.45) is 0. The molecule has 0 spiro atoms. The third kappa shape index (κ3) is 3.36. The fourth-order valence-corrected chi connectivity index (χ4v) is 3.06. The fourth-order valence-electron chi connectivity index (χ4n) is 3.06. The van der Waals surface area contributed by atoms with Gasteiger partial charge in [0.25, 0.3) is 0 Å². The van der Waals surface area contributed by atoms with E-state index in [2.05, 4.69) is 88.5 Å². The van der Waals surface area contributed by atoms with Crippen molar-refractivity contribution in [2.24, 2.45) is 0 Å². The van der Waals surface area contributed by atoms with Gasteiger partial charge in [0.05, 0.1) is 0 Å². The number of hydrogen-bond donors (Lipinski definition) is 1. The predicted octanol–water partition coefficient (Wildman–Crippen LogP) is 4.93. The molecule has 2 aromatic rings. The van der Waals surface area contributed by atoms with Crippen LogP contribution in [-0.2, 0) is 5.41 Å². The number of nitrogens with one attached hydrogen (secondary N) is 1. The van der Waals surface area contributed by atoms with Gasteiger partial charge in [-0.3, -0.25) is 0 Å². The van der Waals surface area contributed by atoms with E-state index < -0.39 is 0 Å². The lowest BCUT2D eigenvalue weighted by Gasteiger charge is -2.37. The van der Waals surface area contributed by atoms with Crippen molar-refractivity contribution in [1.29, 1.82) is 0 Å². The first-order valence-corrected chi connectivity index (χ1v) is 7.83. The fraction of sp³-hybridized carbons (Fsp3) is 0.400. The first kappa shape index (κ1) is 15.8. The summed E-state index contributed by atoms with van der Waals surface area (Å²) in [6, 6.07) is 17.9. The molecule has 0 radical (unpaired) electrons. The van der Waals surface area contributed by atoms with Crippen molar-refractivity contribution in [3.8, 4) is 0 Å². The summed E-state index contributed by atoms with van der Waals surface area (Å²) in [5.41, 5.74) is 5.50. The van der Waals surface area contributed by atoms with E-state index in [1.54, 1.807) is 0 Å². The topological polar surface area (TPSA) is 12.0 Å². The number of rotatable bonds is 5. The van der Waals surface area contributed by atoms with E-state index in [1.807, 2.05) is 0 Å². The first-order chi connectivity index (χ1) is 9.96. The molecule has 0 amide bonds. The molecule has 0 aromatic heterocycles. The molecule has 1 nitrogen and oxygen atoms in total.